The van der Waals surface area contributed by atoms with Gasteiger partial charge >= 0.3 is 0 Å². The minimum atomic E-state index is -0.386. The highest BCUT2D eigenvalue weighted by molar-refractivity contribution is 7.99. The van der Waals surface area contributed by atoms with E-state index >= 15 is 0 Å². The van der Waals surface area contributed by atoms with Crippen LogP contribution in [0.3, 0.4) is 0 Å². The van der Waals surface area contributed by atoms with Crippen molar-refractivity contribution < 1.29 is 4.92 Å². The molecule has 1 saturated heterocycles. The Kier molecular flexibility index (Phi) is 3.73. The number of rotatable bonds is 4. The van der Waals surface area contributed by atoms with Gasteiger partial charge in [0.15, 0.2) is 0 Å². The zero-order chi connectivity index (χ0) is 13.9. The van der Waals surface area contributed by atoms with Gasteiger partial charge in [-0.25, -0.2) is 4.98 Å². The van der Waals surface area contributed by atoms with E-state index in [2.05, 4.69) is 10.3 Å². The van der Waals surface area contributed by atoms with Crippen LogP contribution in [0.2, 0.25) is 0 Å². The second-order valence-electron chi connectivity index (χ2n) is 4.94. The summed E-state index contributed by atoms with van der Waals surface area (Å²) in [5.41, 5.74) is 0.879. The molecule has 0 spiro atoms. The van der Waals surface area contributed by atoms with Crippen molar-refractivity contribution in [1.82, 2.24) is 4.98 Å². The van der Waals surface area contributed by atoms with E-state index in [1.54, 1.807) is 12.1 Å². The fourth-order valence-corrected chi connectivity index (χ4v) is 3.60. The van der Waals surface area contributed by atoms with Gasteiger partial charge in [0.25, 0.3) is 5.69 Å². The average Bonchev–Trinajstić information content (AvgIpc) is 2.97. The molecule has 1 unspecified atom stereocenters. The fourth-order valence-electron chi connectivity index (χ4n) is 2.32. The number of nitro benzene ring substituents is 1. The van der Waals surface area contributed by atoms with E-state index in [1.807, 2.05) is 23.9 Å². The van der Waals surface area contributed by atoms with Crippen LogP contribution in [0.1, 0.15) is 6.42 Å². The molecule has 1 aliphatic heterocycles. The first-order valence-electron chi connectivity index (χ1n) is 6.59. The number of hydrogen-bond donors (Lipinski definition) is 1. The molecule has 20 heavy (non-hydrogen) atoms. The summed E-state index contributed by atoms with van der Waals surface area (Å²) in [4.78, 5) is 14.8. The van der Waals surface area contributed by atoms with Gasteiger partial charge in [-0.05, 0) is 42.0 Å². The smallest absolute Gasteiger partial charge is 0.270 e. The van der Waals surface area contributed by atoms with Crippen LogP contribution in [0.25, 0.3) is 10.9 Å². The molecule has 0 bridgehead atoms. The third-order valence-electron chi connectivity index (χ3n) is 3.48. The number of anilines is 1. The number of hydrogen-bond acceptors (Lipinski definition) is 5. The normalized spacial score (nSPS) is 18.3. The molecule has 1 fully saturated rings. The zero-order valence-electron chi connectivity index (χ0n) is 10.9. The summed E-state index contributed by atoms with van der Waals surface area (Å²) >= 11 is 2.00. The molecule has 0 aliphatic carbocycles. The number of nitrogens with one attached hydrogen (secondary N) is 1. The third-order valence-corrected chi connectivity index (χ3v) is 4.71. The topological polar surface area (TPSA) is 68.1 Å². The Balaban J connectivity index is 1.76. The Bertz CT molecular complexity index is 641. The molecule has 5 nitrogen and oxygen atoms in total. The number of fused-ring (bicyclic) bond motifs is 1. The van der Waals surface area contributed by atoms with Gasteiger partial charge in [-0.15, -0.1) is 0 Å². The summed E-state index contributed by atoms with van der Waals surface area (Å²) < 4.78 is 0. The van der Waals surface area contributed by atoms with Crippen molar-refractivity contribution in [1.29, 1.82) is 0 Å². The first kappa shape index (κ1) is 13.2. The van der Waals surface area contributed by atoms with Crippen molar-refractivity contribution >= 4 is 34.2 Å². The molecular weight excluding hydrogens is 274 g/mol. The van der Waals surface area contributed by atoms with Gasteiger partial charge in [0.1, 0.15) is 5.82 Å². The van der Waals surface area contributed by atoms with Crippen LogP contribution in [0, 0.1) is 16.0 Å². The van der Waals surface area contributed by atoms with E-state index in [1.165, 1.54) is 24.0 Å². The standard InChI is InChI=1S/C14H15N3O2S/c18-17(19)12-2-3-13-11(7-12)1-4-14(16-13)15-8-10-5-6-20-9-10/h1-4,7,10H,5-6,8-9H2,(H,15,16). The summed E-state index contributed by atoms with van der Waals surface area (Å²) in [5.74, 6) is 4.02. The molecule has 2 aromatic rings. The molecule has 0 amide bonds. The van der Waals surface area contributed by atoms with Crippen molar-refractivity contribution in [2.24, 2.45) is 5.92 Å². The number of aromatic nitrogens is 1. The summed E-state index contributed by atoms with van der Waals surface area (Å²) in [6.45, 7) is 0.943. The van der Waals surface area contributed by atoms with Crippen LogP contribution >= 0.6 is 11.8 Å². The van der Waals surface area contributed by atoms with Crippen molar-refractivity contribution in [2.75, 3.05) is 23.4 Å². The van der Waals surface area contributed by atoms with E-state index < -0.39 is 0 Å². The molecule has 1 aliphatic rings. The van der Waals surface area contributed by atoms with Crippen molar-refractivity contribution in [3.63, 3.8) is 0 Å². The Hall–Kier alpha value is -1.82. The molecular formula is C14H15N3O2S. The molecule has 104 valence electrons. The lowest BCUT2D eigenvalue weighted by atomic mass is 10.1. The second-order valence-corrected chi connectivity index (χ2v) is 6.09. The summed E-state index contributed by atoms with van der Waals surface area (Å²) in [6, 6.07) is 8.51. The van der Waals surface area contributed by atoms with Crippen LogP contribution in [0.15, 0.2) is 30.3 Å². The molecule has 1 atom stereocenters. The third kappa shape index (κ3) is 2.85. The molecule has 0 radical (unpaired) electrons. The van der Waals surface area contributed by atoms with Crippen molar-refractivity contribution in [3.8, 4) is 0 Å². The predicted molar refractivity (Wildman–Crippen MR) is 82.3 cm³/mol. The van der Waals surface area contributed by atoms with Gasteiger partial charge in [0.2, 0.25) is 0 Å². The zero-order valence-corrected chi connectivity index (χ0v) is 11.7. The first-order valence-corrected chi connectivity index (χ1v) is 7.75. The SMILES string of the molecule is O=[N+]([O-])c1ccc2nc(NCC3CCSC3)ccc2c1. The van der Waals surface area contributed by atoms with E-state index in [9.17, 15) is 10.1 Å². The number of non-ortho nitro benzene ring substituents is 1. The first-order chi connectivity index (χ1) is 9.72. The summed E-state index contributed by atoms with van der Waals surface area (Å²) in [7, 11) is 0. The fraction of sp³-hybridized carbons (Fsp3) is 0.357. The van der Waals surface area contributed by atoms with Crippen LogP contribution in [-0.4, -0.2) is 28.0 Å². The van der Waals surface area contributed by atoms with E-state index in [0.717, 1.165) is 23.3 Å². The van der Waals surface area contributed by atoms with E-state index in [4.69, 9.17) is 0 Å². The van der Waals surface area contributed by atoms with Crippen LogP contribution in [0.4, 0.5) is 11.5 Å². The molecule has 1 N–H and O–H groups in total. The average molecular weight is 289 g/mol. The maximum atomic E-state index is 10.7. The van der Waals surface area contributed by atoms with Gasteiger partial charge < -0.3 is 5.32 Å². The minimum Gasteiger partial charge on any atom is -0.370 e. The monoisotopic (exact) mass is 289 g/mol. The van der Waals surface area contributed by atoms with Crippen molar-refractivity contribution in [3.05, 3.63) is 40.4 Å². The number of nitrogens with zero attached hydrogens (tertiary/aromatic N) is 2. The number of thioether (sulfide) groups is 1. The Morgan fingerprint density at radius 2 is 2.30 bits per heavy atom. The largest absolute Gasteiger partial charge is 0.370 e. The van der Waals surface area contributed by atoms with Crippen LogP contribution in [-0.2, 0) is 0 Å². The summed E-state index contributed by atoms with van der Waals surface area (Å²) in [5, 5.41) is 14.9. The predicted octanol–water partition coefficient (Wildman–Crippen LogP) is 3.31. The quantitative estimate of drug-likeness (QED) is 0.691. The molecule has 2 heterocycles. The molecule has 3 rings (SSSR count). The summed E-state index contributed by atoms with van der Waals surface area (Å²) in [6.07, 6.45) is 1.26. The van der Waals surface area contributed by atoms with Gasteiger partial charge in [0, 0.05) is 24.1 Å². The highest BCUT2D eigenvalue weighted by atomic mass is 32.2. The maximum absolute atomic E-state index is 10.7. The van der Waals surface area contributed by atoms with Gasteiger partial charge in [-0.1, -0.05) is 0 Å². The van der Waals surface area contributed by atoms with Gasteiger partial charge in [0.05, 0.1) is 10.4 Å². The Labute approximate surface area is 120 Å². The van der Waals surface area contributed by atoms with Crippen LogP contribution in [0.5, 0.6) is 0 Å². The number of pyridine rings is 1. The molecule has 1 aromatic heterocycles. The Morgan fingerprint density at radius 3 is 3.05 bits per heavy atom. The second kappa shape index (κ2) is 5.66. The highest BCUT2D eigenvalue weighted by Crippen LogP contribution is 2.24. The lowest BCUT2D eigenvalue weighted by Crippen LogP contribution is -2.14. The highest BCUT2D eigenvalue weighted by Gasteiger charge is 2.15. The van der Waals surface area contributed by atoms with E-state index in [-0.39, 0.29) is 10.6 Å². The maximum Gasteiger partial charge on any atom is 0.270 e. The van der Waals surface area contributed by atoms with E-state index in [0.29, 0.717) is 5.92 Å². The lowest BCUT2D eigenvalue weighted by Gasteiger charge is -2.10. The Morgan fingerprint density at radius 1 is 1.40 bits per heavy atom. The number of benzene rings is 1. The van der Waals surface area contributed by atoms with Gasteiger partial charge in [-0.3, -0.25) is 10.1 Å². The number of nitro groups is 1. The molecule has 6 heteroatoms. The molecule has 1 aromatic carbocycles. The minimum absolute atomic E-state index is 0.1000. The molecule has 0 saturated carbocycles. The lowest BCUT2D eigenvalue weighted by molar-refractivity contribution is -0.384. The van der Waals surface area contributed by atoms with Crippen molar-refractivity contribution in [2.45, 2.75) is 6.42 Å². The van der Waals surface area contributed by atoms with Gasteiger partial charge in [-0.2, -0.15) is 11.8 Å². The van der Waals surface area contributed by atoms with Crippen LogP contribution < -0.4 is 5.32 Å².